The van der Waals surface area contributed by atoms with Crippen molar-refractivity contribution in [2.24, 2.45) is 0 Å². The Bertz CT molecular complexity index is 578. The minimum Gasteiger partial charge on any atom is -0.436 e. The summed E-state index contributed by atoms with van der Waals surface area (Å²) in [5, 5.41) is 8.60. The van der Waals surface area contributed by atoms with Crippen molar-refractivity contribution in [3.63, 3.8) is 0 Å². The predicted molar refractivity (Wildman–Crippen MR) is 63.1 cm³/mol. The third-order valence-electron chi connectivity index (χ3n) is 1.98. The standard InChI is InChI=1S/C12H6BrFN2O/c13-9-2-4-12(16-7-9)17-11-3-1-8(6-15)5-10(11)14/h1-5,7H. The van der Waals surface area contributed by atoms with E-state index in [2.05, 4.69) is 20.9 Å². The summed E-state index contributed by atoms with van der Waals surface area (Å²) in [5.74, 6) is -0.260. The van der Waals surface area contributed by atoms with Crippen LogP contribution in [0.1, 0.15) is 5.56 Å². The Labute approximate surface area is 106 Å². The van der Waals surface area contributed by atoms with Crippen molar-refractivity contribution in [1.82, 2.24) is 4.98 Å². The third kappa shape index (κ3) is 2.80. The minimum atomic E-state index is -0.589. The van der Waals surface area contributed by atoms with Gasteiger partial charge >= 0.3 is 0 Å². The van der Waals surface area contributed by atoms with E-state index in [4.69, 9.17) is 10.00 Å². The van der Waals surface area contributed by atoms with Gasteiger partial charge in [0.2, 0.25) is 5.88 Å². The van der Waals surface area contributed by atoms with Crippen molar-refractivity contribution in [3.8, 4) is 17.7 Å². The summed E-state index contributed by atoms with van der Waals surface area (Å²) in [5.41, 5.74) is 0.249. The summed E-state index contributed by atoms with van der Waals surface area (Å²) >= 11 is 3.24. The van der Waals surface area contributed by atoms with Crippen LogP contribution in [0.5, 0.6) is 11.6 Å². The van der Waals surface area contributed by atoms with Gasteiger partial charge in [0.25, 0.3) is 0 Å². The Balaban J connectivity index is 2.25. The minimum absolute atomic E-state index is 0.0406. The van der Waals surface area contributed by atoms with Crippen LogP contribution in [0.15, 0.2) is 41.0 Å². The van der Waals surface area contributed by atoms with Crippen LogP contribution in [0.25, 0.3) is 0 Å². The largest absolute Gasteiger partial charge is 0.436 e. The summed E-state index contributed by atoms with van der Waals surface area (Å²) in [7, 11) is 0. The molecule has 0 aliphatic rings. The number of nitrogens with zero attached hydrogens (tertiary/aromatic N) is 2. The molecule has 0 saturated carbocycles. The second kappa shape index (κ2) is 4.93. The molecule has 1 aromatic heterocycles. The van der Waals surface area contributed by atoms with Crippen LogP contribution in [0, 0.1) is 17.1 Å². The Kier molecular flexibility index (Phi) is 3.35. The highest BCUT2D eigenvalue weighted by Crippen LogP contribution is 2.24. The zero-order valence-corrected chi connectivity index (χ0v) is 10.1. The van der Waals surface area contributed by atoms with E-state index in [1.165, 1.54) is 12.1 Å². The summed E-state index contributed by atoms with van der Waals surface area (Å²) in [6.45, 7) is 0. The maximum Gasteiger partial charge on any atom is 0.219 e. The van der Waals surface area contributed by atoms with Crippen molar-refractivity contribution < 1.29 is 9.13 Å². The van der Waals surface area contributed by atoms with E-state index in [9.17, 15) is 4.39 Å². The number of nitriles is 1. The van der Waals surface area contributed by atoms with Crippen molar-refractivity contribution in [2.75, 3.05) is 0 Å². The summed E-state index contributed by atoms with van der Waals surface area (Å²) in [4.78, 5) is 3.96. The predicted octanol–water partition coefficient (Wildman–Crippen LogP) is 3.65. The molecular weight excluding hydrogens is 287 g/mol. The molecule has 0 saturated heterocycles. The highest BCUT2D eigenvalue weighted by Gasteiger charge is 2.06. The number of hydrogen-bond acceptors (Lipinski definition) is 3. The van der Waals surface area contributed by atoms with Gasteiger partial charge in [0.15, 0.2) is 11.6 Å². The van der Waals surface area contributed by atoms with Crippen LogP contribution in [0.3, 0.4) is 0 Å². The SMILES string of the molecule is N#Cc1ccc(Oc2ccc(Br)cn2)c(F)c1. The highest BCUT2D eigenvalue weighted by molar-refractivity contribution is 9.10. The third-order valence-corrected chi connectivity index (χ3v) is 2.44. The van der Waals surface area contributed by atoms with Gasteiger partial charge in [-0.05, 0) is 40.2 Å². The molecule has 0 radical (unpaired) electrons. The first kappa shape index (κ1) is 11.6. The number of ether oxygens (including phenoxy) is 1. The lowest BCUT2D eigenvalue weighted by Crippen LogP contribution is -1.91. The fourth-order valence-corrected chi connectivity index (χ4v) is 1.42. The maximum atomic E-state index is 13.5. The molecule has 0 atom stereocenters. The van der Waals surface area contributed by atoms with Gasteiger partial charge in [0, 0.05) is 16.7 Å². The van der Waals surface area contributed by atoms with E-state index < -0.39 is 5.82 Å². The van der Waals surface area contributed by atoms with Crippen LogP contribution < -0.4 is 4.74 Å². The first-order valence-corrected chi connectivity index (χ1v) is 5.47. The van der Waals surface area contributed by atoms with Crippen LogP contribution in [0.4, 0.5) is 4.39 Å². The number of hydrogen-bond donors (Lipinski definition) is 0. The molecule has 0 amide bonds. The lowest BCUT2D eigenvalue weighted by molar-refractivity contribution is 0.427. The van der Waals surface area contributed by atoms with E-state index in [0.717, 1.165) is 10.5 Å². The molecule has 17 heavy (non-hydrogen) atoms. The molecule has 2 rings (SSSR count). The van der Waals surface area contributed by atoms with Crippen molar-refractivity contribution in [1.29, 1.82) is 5.26 Å². The average Bonchev–Trinajstić information content (AvgIpc) is 2.34. The molecular formula is C12H6BrFN2O. The number of benzene rings is 1. The molecule has 0 aliphatic carbocycles. The molecule has 0 aliphatic heterocycles. The fourth-order valence-electron chi connectivity index (χ4n) is 1.19. The molecule has 84 valence electrons. The topological polar surface area (TPSA) is 45.9 Å². The molecule has 2 aromatic rings. The maximum absolute atomic E-state index is 13.5. The van der Waals surface area contributed by atoms with Gasteiger partial charge in [0.1, 0.15) is 0 Å². The number of aromatic nitrogens is 1. The van der Waals surface area contributed by atoms with E-state index in [-0.39, 0.29) is 17.2 Å². The second-order valence-corrected chi connectivity index (χ2v) is 4.09. The zero-order valence-electron chi connectivity index (χ0n) is 8.52. The molecule has 0 fully saturated rings. The molecule has 1 heterocycles. The molecule has 5 heteroatoms. The number of halogens is 2. The molecule has 0 spiro atoms. The number of rotatable bonds is 2. The van der Waals surface area contributed by atoms with Gasteiger partial charge in [-0.15, -0.1) is 0 Å². The van der Waals surface area contributed by atoms with E-state index in [1.54, 1.807) is 18.3 Å². The lowest BCUT2D eigenvalue weighted by atomic mass is 10.2. The van der Waals surface area contributed by atoms with E-state index in [0.29, 0.717) is 0 Å². The van der Waals surface area contributed by atoms with Crippen LogP contribution in [-0.4, -0.2) is 4.98 Å². The smallest absolute Gasteiger partial charge is 0.219 e. The normalized spacial score (nSPS) is 9.71. The van der Waals surface area contributed by atoms with E-state index >= 15 is 0 Å². The summed E-state index contributed by atoms with van der Waals surface area (Å²) < 4.78 is 19.5. The number of pyridine rings is 1. The Morgan fingerprint density at radius 3 is 2.71 bits per heavy atom. The fraction of sp³-hybridized carbons (Fsp3) is 0. The van der Waals surface area contributed by atoms with Gasteiger partial charge < -0.3 is 4.74 Å². The summed E-state index contributed by atoms with van der Waals surface area (Å²) in [6.07, 6.45) is 1.55. The first-order chi connectivity index (χ1) is 8.19. The Hall–Kier alpha value is -1.93. The van der Waals surface area contributed by atoms with Crippen molar-refractivity contribution in [3.05, 3.63) is 52.4 Å². The molecule has 3 nitrogen and oxygen atoms in total. The monoisotopic (exact) mass is 292 g/mol. The first-order valence-electron chi connectivity index (χ1n) is 4.68. The lowest BCUT2D eigenvalue weighted by Gasteiger charge is -2.05. The van der Waals surface area contributed by atoms with Gasteiger partial charge in [-0.2, -0.15) is 5.26 Å². The second-order valence-electron chi connectivity index (χ2n) is 3.17. The Morgan fingerprint density at radius 1 is 1.29 bits per heavy atom. The van der Waals surface area contributed by atoms with Gasteiger partial charge in [-0.3, -0.25) is 0 Å². The van der Waals surface area contributed by atoms with Crippen LogP contribution in [0.2, 0.25) is 0 Å². The molecule has 1 aromatic carbocycles. The highest BCUT2D eigenvalue weighted by atomic mass is 79.9. The zero-order chi connectivity index (χ0) is 12.3. The average molecular weight is 293 g/mol. The molecule has 0 N–H and O–H groups in total. The van der Waals surface area contributed by atoms with Gasteiger partial charge in [-0.1, -0.05) is 0 Å². The van der Waals surface area contributed by atoms with Crippen molar-refractivity contribution >= 4 is 15.9 Å². The van der Waals surface area contributed by atoms with Crippen LogP contribution >= 0.6 is 15.9 Å². The quantitative estimate of drug-likeness (QED) is 0.849. The summed E-state index contributed by atoms with van der Waals surface area (Å²) in [6, 6.07) is 9.20. The molecule has 0 bridgehead atoms. The van der Waals surface area contributed by atoms with Crippen LogP contribution in [-0.2, 0) is 0 Å². The Morgan fingerprint density at radius 2 is 2.12 bits per heavy atom. The molecule has 0 unspecified atom stereocenters. The van der Waals surface area contributed by atoms with Gasteiger partial charge in [0.05, 0.1) is 11.6 Å². The van der Waals surface area contributed by atoms with Crippen molar-refractivity contribution in [2.45, 2.75) is 0 Å². The van der Waals surface area contributed by atoms with Gasteiger partial charge in [-0.25, -0.2) is 9.37 Å². The van der Waals surface area contributed by atoms with E-state index in [1.807, 2.05) is 6.07 Å².